The molecule has 2 heterocycles. The van der Waals surface area contributed by atoms with E-state index in [4.69, 9.17) is 10.5 Å². The minimum atomic E-state index is 0.266. The zero-order valence-electron chi connectivity index (χ0n) is 7.84. The number of aromatic nitrogens is 4. The lowest BCUT2D eigenvalue weighted by molar-refractivity contribution is 0.300. The molecule has 0 bridgehead atoms. The number of rotatable bonds is 3. The van der Waals surface area contributed by atoms with Crippen LogP contribution in [0.1, 0.15) is 13.3 Å². The van der Waals surface area contributed by atoms with Crippen molar-refractivity contribution in [2.24, 2.45) is 0 Å². The van der Waals surface area contributed by atoms with Crippen molar-refractivity contribution in [3.8, 4) is 5.88 Å². The first-order valence-electron chi connectivity index (χ1n) is 4.42. The van der Waals surface area contributed by atoms with Crippen LogP contribution < -0.4 is 10.5 Å². The summed E-state index contributed by atoms with van der Waals surface area (Å²) in [6.45, 7) is 2.67. The highest BCUT2D eigenvalue weighted by atomic mass is 16.5. The monoisotopic (exact) mass is 193 g/mol. The second-order valence-corrected chi connectivity index (χ2v) is 2.85. The fraction of sp³-hybridized carbons (Fsp3) is 0.375. The van der Waals surface area contributed by atoms with Crippen LogP contribution in [0.4, 0.5) is 5.95 Å². The summed E-state index contributed by atoms with van der Waals surface area (Å²) in [5.41, 5.74) is 6.16. The van der Waals surface area contributed by atoms with Gasteiger partial charge in [0.05, 0.1) is 6.61 Å². The molecule has 6 nitrogen and oxygen atoms in total. The van der Waals surface area contributed by atoms with Gasteiger partial charge in [-0.2, -0.15) is 4.52 Å². The van der Waals surface area contributed by atoms with Gasteiger partial charge in [0.25, 0.3) is 0 Å². The summed E-state index contributed by atoms with van der Waals surface area (Å²) >= 11 is 0. The molecule has 2 aromatic rings. The largest absolute Gasteiger partial charge is 0.477 e. The molecule has 0 amide bonds. The average molecular weight is 193 g/mol. The third kappa shape index (κ3) is 1.46. The van der Waals surface area contributed by atoms with Crippen LogP contribution in [0.5, 0.6) is 5.88 Å². The van der Waals surface area contributed by atoms with Crippen molar-refractivity contribution < 1.29 is 4.74 Å². The molecule has 0 unspecified atom stereocenters. The summed E-state index contributed by atoms with van der Waals surface area (Å²) in [6.07, 6.45) is 0.942. The van der Waals surface area contributed by atoms with Crippen molar-refractivity contribution in [3.05, 3.63) is 12.1 Å². The van der Waals surface area contributed by atoms with Crippen molar-refractivity contribution >= 4 is 11.6 Å². The first-order chi connectivity index (χ1) is 6.81. The molecule has 0 saturated carbocycles. The molecule has 0 aliphatic carbocycles. The first-order valence-corrected chi connectivity index (χ1v) is 4.42. The number of nitrogens with two attached hydrogens (primary N) is 1. The average Bonchev–Trinajstić information content (AvgIpc) is 2.57. The summed E-state index contributed by atoms with van der Waals surface area (Å²) in [7, 11) is 0. The Morgan fingerprint density at radius 2 is 2.29 bits per heavy atom. The molecule has 0 aliphatic rings. The SMILES string of the molecule is CCCOc1ccc2nnc(N)n2n1. The van der Waals surface area contributed by atoms with E-state index in [-0.39, 0.29) is 5.95 Å². The van der Waals surface area contributed by atoms with Crippen LogP contribution >= 0.6 is 0 Å². The summed E-state index contributed by atoms with van der Waals surface area (Å²) in [5, 5.41) is 11.6. The molecule has 0 radical (unpaired) electrons. The number of ether oxygens (including phenoxy) is 1. The Hall–Kier alpha value is -1.85. The van der Waals surface area contributed by atoms with Gasteiger partial charge in [0.15, 0.2) is 5.65 Å². The Bertz CT molecular complexity index is 438. The summed E-state index contributed by atoms with van der Waals surface area (Å²) in [5.74, 6) is 0.799. The van der Waals surface area contributed by atoms with Crippen LogP contribution in [-0.2, 0) is 0 Å². The topological polar surface area (TPSA) is 78.3 Å². The van der Waals surface area contributed by atoms with E-state index < -0.39 is 0 Å². The fourth-order valence-corrected chi connectivity index (χ4v) is 1.07. The standard InChI is InChI=1S/C8H11N5O/c1-2-5-14-7-4-3-6-10-11-8(9)13(6)12-7/h3-4H,2,5H2,1H3,(H2,9,11). The molecule has 2 N–H and O–H groups in total. The number of hydrogen-bond donors (Lipinski definition) is 1. The second kappa shape index (κ2) is 3.49. The van der Waals surface area contributed by atoms with Crippen LogP contribution in [0.3, 0.4) is 0 Å². The Kier molecular flexibility index (Phi) is 2.18. The summed E-state index contributed by atoms with van der Waals surface area (Å²) in [4.78, 5) is 0. The fourth-order valence-electron chi connectivity index (χ4n) is 1.07. The Morgan fingerprint density at radius 1 is 1.43 bits per heavy atom. The lowest BCUT2D eigenvalue weighted by Gasteiger charge is -2.02. The van der Waals surface area contributed by atoms with Gasteiger partial charge in [-0.1, -0.05) is 6.92 Å². The van der Waals surface area contributed by atoms with E-state index in [1.165, 1.54) is 4.52 Å². The highest BCUT2D eigenvalue weighted by Crippen LogP contribution is 2.09. The highest BCUT2D eigenvalue weighted by Gasteiger charge is 2.03. The third-order valence-corrected chi connectivity index (χ3v) is 1.72. The molecule has 0 aromatic carbocycles. The van der Waals surface area contributed by atoms with Gasteiger partial charge >= 0.3 is 0 Å². The van der Waals surface area contributed by atoms with Crippen molar-refractivity contribution in [2.75, 3.05) is 12.3 Å². The van der Waals surface area contributed by atoms with Crippen molar-refractivity contribution in [2.45, 2.75) is 13.3 Å². The number of hydrogen-bond acceptors (Lipinski definition) is 5. The quantitative estimate of drug-likeness (QED) is 0.767. The van der Waals surface area contributed by atoms with Gasteiger partial charge < -0.3 is 10.5 Å². The van der Waals surface area contributed by atoms with Gasteiger partial charge in [-0.15, -0.1) is 15.3 Å². The van der Waals surface area contributed by atoms with E-state index in [0.717, 1.165) is 6.42 Å². The van der Waals surface area contributed by atoms with Crippen molar-refractivity contribution in [1.29, 1.82) is 0 Å². The van der Waals surface area contributed by atoms with Crippen molar-refractivity contribution in [3.63, 3.8) is 0 Å². The van der Waals surface area contributed by atoms with Gasteiger partial charge in [0, 0.05) is 6.07 Å². The highest BCUT2D eigenvalue weighted by molar-refractivity contribution is 5.42. The summed E-state index contributed by atoms with van der Waals surface area (Å²) in [6, 6.07) is 3.51. The summed E-state index contributed by atoms with van der Waals surface area (Å²) < 4.78 is 6.79. The lowest BCUT2D eigenvalue weighted by atomic mass is 10.5. The molecule has 2 rings (SSSR count). The molecule has 14 heavy (non-hydrogen) atoms. The van der Waals surface area contributed by atoms with Crippen LogP contribution in [0.15, 0.2) is 12.1 Å². The van der Waals surface area contributed by atoms with Crippen molar-refractivity contribution in [1.82, 2.24) is 19.8 Å². The molecule has 0 atom stereocenters. The van der Waals surface area contributed by atoms with Crippen LogP contribution in [0, 0.1) is 0 Å². The Morgan fingerprint density at radius 3 is 3.07 bits per heavy atom. The Labute approximate surface area is 80.7 Å². The van der Waals surface area contributed by atoms with E-state index >= 15 is 0 Å². The lowest BCUT2D eigenvalue weighted by Crippen LogP contribution is -2.03. The molecule has 0 aliphatic heterocycles. The van der Waals surface area contributed by atoms with E-state index in [1.807, 2.05) is 6.92 Å². The molecule has 6 heteroatoms. The molecule has 0 fully saturated rings. The smallest absolute Gasteiger partial charge is 0.243 e. The van der Waals surface area contributed by atoms with E-state index in [0.29, 0.717) is 18.1 Å². The van der Waals surface area contributed by atoms with E-state index in [9.17, 15) is 0 Å². The maximum absolute atomic E-state index is 5.55. The minimum absolute atomic E-state index is 0.266. The van der Waals surface area contributed by atoms with Gasteiger partial charge in [-0.3, -0.25) is 0 Å². The van der Waals surface area contributed by atoms with Gasteiger partial charge in [0.2, 0.25) is 11.8 Å². The second-order valence-electron chi connectivity index (χ2n) is 2.85. The first kappa shape index (κ1) is 8.74. The zero-order chi connectivity index (χ0) is 9.97. The maximum atomic E-state index is 5.55. The third-order valence-electron chi connectivity index (χ3n) is 1.72. The molecular weight excluding hydrogens is 182 g/mol. The molecule has 2 aromatic heterocycles. The van der Waals surface area contributed by atoms with Crippen LogP contribution in [-0.4, -0.2) is 26.4 Å². The Balaban J connectivity index is 2.34. The molecular formula is C8H11N5O. The molecule has 74 valence electrons. The maximum Gasteiger partial charge on any atom is 0.243 e. The number of nitrogens with zero attached hydrogens (tertiary/aromatic N) is 4. The predicted octanol–water partition coefficient (Wildman–Crippen LogP) is 0.495. The number of fused-ring (bicyclic) bond motifs is 1. The van der Waals surface area contributed by atoms with E-state index in [2.05, 4.69) is 15.3 Å². The van der Waals surface area contributed by atoms with Crippen LogP contribution in [0.25, 0.3) is 5.65 Å². The van der Waals surface area contributed by atoms with Crippen LogP contribution in [0.2, 0.25) is 0 Å². The van der Waals surface area contributed by atoms with E-state index in [1.54, 1.807) is 12.1 Å². The zero-order valence-corrected chi connectivity index (χ0v) is 7.84. The van der Waals surface area contributed by atoms with Gasteiger partial charge in [0.1, 0.15) is 0 Å². The minimum Gasteiger partial charge on any atom is -0.477 e. The normalized spacial score (nSPS) is 10.6. The van der Waals surface area contributed by atoms with Gasteiger partial charge in [-0.05, 0) is 12.5 Å². The van der Waals surface area contributed by atoms with Gasteiger partial charge in [-0.25, -0.2) is 0 Å². The number of nitrogen functional groups attached to an aromatic ring is 1. The molecule has 0 saturated heterocycles. The predicted molar refractivity (Wildman–Crippen MR) is 51.0 cm³/mol. The number of anilines is 1. The molecule has 0 spiro atoms.